The van der Waals surface area contributed by atoms with Crippen LogP contribution in [0.1, 0.15) is 22.0 Å². The largest absolute Gasteiger partial charge is 0.479 e. The molecule has 0 bridgehead atoms. The van der Waals surface area contributed by atoms with Crippen molar-refractivity contribution in [3.8, 4) is 17.4 Å². The Morgan fingerprint density at radius 1 is 1.15 bits per heavy atom. The van der Waals surface area contributed by atoms with E-state index in [-0.39, 0.29) is 0 Å². The van der Waals surface area contributed by atoms with Crippen LogP contribution in [0.15, 0.2) is 48.4 Å². The van der Waals surface area contributed by atoms with Gasteiger partial charge in [-0.3, -0.25) is 4.90 Å². The molecule has 10 heteroatoms. The first-order valence-electron chi connectivity index (χ1n) is 10.5. The van der Waals surface area contributed by atoms with Gasteiger partial charge in [-0.25, -0.2) is 15.0 Å². The standard InChI is InChI=1S/C23H25N7O2S/c1-15-10-30(14-25-15)18-7-8-19(27-21(18)31-4)28-23(22-26-16(2)12-33-22)13-29(3)11-17-6-5-9-24-20(17)32-23/h5-10,12,14H,11,13H2,1-4H3,(H,27,28). The number of anilines is 1. The second-order valence-corrected chi connectivity index (χ2v) is 8.99. The lowest BCUT2D eigenvalue weighted by atomic mass is 10.2. The minimum Gasteiger partial charge on any atom is -0.479 e. The molecule has 0 saturated carbocycles. The van der Waals surface area contributed by atoms with E-state index in [0.717, 1.165) is 27.6 Å². The quantitative estimate of drug-likeness (QED) is 0.481. The van der Waals surface area contributed by atoms with Gasteiger partial charge in [0.2, 0.25) is 17.5 Å². The van der Waals surface area contributed by atoms with Gasteiger partial charge in [0.25, 0.3) is 0 Å². The third kappa shape index (κ3) is 4.14. The Morgan fingerprint density at radius 3 is 2.76 bits per heavy atom. The number of hydrogen-bond donors (Lipinski definition) is 1. The van der Waals surface area contributed by atoms with Gasteiger partial charge >= 0.3 is 0 Å². The van der Waals surface area contributed by atoms with E-state index in [4.69, 9.17) is 19.4 Å². The number of aryl methyl sites for hydroxylation is 2. The van der Waals surface area contributed by atoms with Crippen LogP contribution in [0.4, 0.5) is 5.82 Å². The molecule has 0 amide bonds. The molecule has 1 aliphatic rings. The summed E-state index contributed by atoms with van der Waals surface area (Å²) in [5.41, 5.74) is 2.70. The van der Waals surface area contributed by atoms with Gasteiger partial charge in [0.1, 0.15) is 11.5 Å². The minimum absolute atomic E-state index is 0.475. The van der Waals surface area contributed by atoms with Crippen molar-refractivity contribution in [2.45, 2.75) is 26.1 Å². The van der Waals surface area contributed by atoms with Crippen LogP contribution in [0.5, 0.6) is 11.8 Å². The first kappa shape index (κ1) is 21.4. The third-order valence-corrected chi connectivity index (χ3v) is 6.47. The Hall–Kier alpha value is -3.50. The number of pyridine rings is 2. The average Bonchev–Trinajstić information content (AvgIpc) is 3.40. The summed E-state index contributed by atoms with van der Waals surface area (Å²) in [5.74, 6) is 1.66. The molecule has 5 rings (SSSR count). The van der Waals surface area contributed by atoms with Crippen molar-refractivity contribution in [2.24, 2.45) is 0 Å². The van der Waals surface area contributed by atoms with Gasteiger partial charge in [-0.2, -0.15) is 4.98 Å². The fraction of sp³-hybridized carbons (Fsp3) is 0.304. The minimum atomic E-state index is -0.974. The highest BCUT2D eigenvalue weighted by molar-refractivity contribution is 7.09. The van der Waals surface area contributed by atoms with Crippen LogP contribution in [0.25, 0.3) is 5.69 Å². The average molecular weight is 464 g/mol. The monoisotopic (exact) mass is 463 g/mol. The number of rotatable bonds is 5. The van der Waals surface area contributed by atoms with Crippen molar-refractivity contribution >= 4 is 17.2 Å². The maximum atomic E-state index is 6.60. The van der Waals surface area contributed by atoms with Gasteiger partial charge in [0.15, 0.2) is 5.01 Å². The lowest BCUT2D eigenvalue weighted by Crippen LogP contribution is -2.48. The van der Waals surface area contributed by atoms with Gasteiger partial charge < -0.3 is 19.4 Å². The SMILES string of the molecule is COc1nc(NC2(c3nc(C)cs3)CN(C)Cc3cccnc3O2)ccc1-n1cnc(C)c1. The summed E-state index contributed by atoms with van der Waals surface area (Å²) in [4.78, 5) is 20.5. The number of likely N-dealkylation sites (N-methyl/N-ethyl adjacent to an activating group) is 1. The molecule has 170 valence electrons. The van der Waals surface area contributed by atoms with Crippen LogP contribution in [0.3, 0.4) is 0 Å². The topological polar surface area (TPSA) is 90.2 Å². The molecular formula is C23H25N7O2S. The van der Waals surface area contributed by atoms with E-state index in [0.29, 0.717) is 30.7 Å². The van der Waals surface area contributed by atoms with E-state index in [1.165, 1.54) is 0 Å². The Morgan fingerprint density at radius 2 is 2.03 bits per heavy atom. The molecule has 9 nitrogen and oxygen atoms in total. The van der Waals surface area contributed by atoms with Crippen molar-refractivity contribution in [1.29, 1.82) is 0 Å². The van der Waals surface area contributed by atoms with Crippen molar-refractivity contribution in [1.82, 2.24) is 29.4 Å². The van der Waals surface area contributed by atoms with Crippen LogP contribution in [0, 0.1) is 13.8 Å². The summed E-state index contributed by atoms with van der Waals surface area (Å²) in [5, 5.41) is 6.35. The van der Waals surface area contributed by atoms with E-state index in [1.54, 1.807) is 31.0 Å². The molecule has 0 saturated heterocycles. The fourth-order valence-electron chi connectivity index (χ4n) is 3.94. The summed E-state index contributed by atoms with van der Waals surface area (Å²) in [6.45, 7) is 5.18. The number of hydrogen-bond acceptors (Lipinski definition) is 9. The van der Waals surface area contributed by atoms with Crippen LogP contribution < -0.4 is 14.8 Å². The van der Waals surface area contributed by atoms with Gasteiger partial charge in [0, 0.05) is 35.6 Å². The molecule has 1 N–H and O–H groups in total. The molecule has 1 atom stereocenters. The van der Waals surface area contributed by atoms with Gasteiger partial charge in [0.05, 0.1) is 25.7 Å². The second kappa shape index (κ2) is 8.45. The molecular weight excluding hydrogens is 438 g/mol. The molecule has 0 fully saturated rings. The van der Waals surface area contributed by atoms with E-state index in [1.807, 2.05) is 54.3 Å². The van der Waals surface area contributed by atoms with Crippen molar-refractivity contribution in [3.63, 3.8) is 0 Å². The zero-order valence-electron chi connectivity index (χ0n) is 18.9. The summed E-state index contributed by atoms with van der Waals surface area (Å²) in [7, 11) is 3.66. The maximum absolute atomic E-state index is 6.60. The lowest BCUT2D eigenvalue weighted by Gasteiger charge is -2.34. The van der Waals surface area contributed by atoms with Crippen molar-refractivity contribution in [2.75, 3.05) is 26.0 Å². The summed E-state index contributed by atoms with van der Waals surface area (Å²) in [6.07, 6.45) is 5.41. The zero-order chi connectivity index (χ0) is 23.0. The smallest absolute Gasteiger partial charge is 0.248 e. The molecule has 0 radical (unpaired) electrons. The van der Waals surface area contributed by atoms with E-state index < -0.39 is 5.72 Å². The molecule has 4 aromatic heterocycles. The Bertz CT molecular complexity index is 1290. The summed E-state index contributed by atoms with van der Waals surface area (Å²) >= 11 is 1.55. The highest BCUT2D eigenvalue weighted by atomic mass is 32.1. The molecule has 5 heterocycles. The number of ether oxygens (including phenoxy) is 2. The molecule has 0 aromatic carbocycles. The van der Waals surface area contributed by atoms with Gasteiger partial charge in [-0.05, 0) is 39.1 Å². The zero-order valence-corrected chi connectivity index (χ0v) is 19.8. The maximum Gasteiger partial charge on any atom is 0.248 e. The number of nitrogens with one attached hydrogen (secondary N) is 1. The Labute approximate surface area is 196 Å². The van der Waals surface area contributed by atoms with Crippen molar-refractivity contribution < 1.29 is 9.47 Å². The molecule has 0 aliphatic carbocycles. The van der Waals surface area contributed by atoms with Crippen LogP contribution in [-0.4, -0.2) is 50.1 Å². The number of fused-ring (bicyclic) bond motifs is 1. The number of nitrogens with zero attached hydrogens (tertiary/aromatic N) is 6. The van der Waals surface area contributed by atoms with E-state index in [2.05, 4.69) is 27.2 Å². The molecule has 4 aromatic rings. The highest BCUT2D eigenvalue weighted by Crippen LogP contribution is 2.36. The molecule has 0 spiro atoms. The fourth-order valence-corrected chi connectivity index (χ4v) is 4.82. The molecule has 1 unspecified atom stereocenters. The van der Waals surface area contributed by atoms with Crippen LogP contribution >= 0.6 is 11.3 Å². The summed E-state index contributed by atoms with van der Waals surface area (Å²) in [6, 6.07) is 7.81. The molecule has 1 aliphatic heterocycles. The normalized spacial score (nSPS) is 18.3. The number of imidazole rings is 1. The van der Waals surface area contributed by atoms with Crippen LogP contribution in [-0.2, 0) is 12.3 Å². The third-order valence-electron chi connectivity index (χ3n) is 5.37. The summed E-state index contributed by atoms with van der Waals surface area (Å²) < 4.78 is 14.1. The molecule has 33 heavy (non-hydrogen) atoms. The van der Waals surface area contributed by atoms with E-state index >= 15 is 0 Å². The second-order valence-electron chi connectivity index (χ2n) is 8.14. The predicted octanol–water partition coefficient (Wildman–Crippen LogP) is 3.53. The number of methoxy groups -OCH3 is 1. The number of thiazole rings is 1. The van der Waals surface area contributed by atoms with Gasteiger partial charge in [-0.15, -0.1) is 11.3 Å². The van der Waals surface area contributed by atoms with E-state index in [9.17, 15) is 0 Å². The van der Waals surface area contributed by atoms with Gasteiger partial charge in [-0.1, -0.05) is 6.07 Å². The predicted molar refractivity (Wildman–Crippen MR) is 126 cm³/mol. The lowest BCUT2D eigenvalue weighted by molar-refractivity contribution is 0.0640. The first-order chi connectivity index (χ1) is 16.0. The van der Waals surface area contributed by atoms with Crippen LogP contribution in [0.2, 0.25) is 0 Å². The first-order valence-corrected chi connectivity index (χ1v) is 11.4. The number of aromatic nitrogens is 5. The Balaban J connectivity index is 1.58. The van der Waals surface area contributed by atoms with Crippen molar-refractivity contribution in [3.05, 3.63) is 70.3 Å². The Kier molecular flexibility index (Phi) is 5.47. The highest BCUT2D eigenvalue weighted by Gasteiger charge is 2.42.